The van der Waals surface area contributed by atoms with Crippen LogP contribution in [0, 0.1) is 0 Å². The Balaban J connectivity index is 1.41. The van der Waals surface area contributed by atoms with E-state index in [9.17, 15) is 9.59 Å². The van der Waals surface area contributed by atoms with Crippen molar-refractivity contribution >= 4 is 28.8 Å². The van der Waals surface area contributed by atoms with Crippen molar-refractivity contribution < 1.29 is 9.59 Å². The summed E-state index contributed by atoms with van der Waals surface area (Å²) in [5.74, 6) is -0.482. The van der Waals surface area contributed by atoms with Gasteiger partial charge in [-0.2, -0.15) is 5.10 Å². The summed E-state index contributed by atoms with van der Waals surface area (Å²) >= 11 is 1.35. The van der Waals surface area contributed by atoms with Gasteiger partial charge >= 0.3 is 0 Å². The van der Waals surface area contributed by atoms with Gasteiger partial charge in [0, 0.05) is 6.54 Å². The zero-order chi connectivity index (χ0) is 20.8. The number of carbonyl (C=O) groups is 2. The molecule has 150 valence electrons. The van der Waals surface area contributed by atoms with E-state index in [2.05, 4.69) is 20.7 Å². The number of hydrogen-bond acceptors (Lipinski definition) is 5. The molecule has 30 heavy (non-hydrogen) atoms. The van der Waals surface area contributed by atoms with Gasteiger partial charge in [0.25, 0.3) is 11.8 Å². The first-order valence-electron chi connectivity index (χ1n) is 9.31. The van der Waals surface area contributed by atoms with Gasteiger partial charge in [0.15, 0.2) is 0 Å². The molecule has 0 atom stereocenters. The van der Waals surface area contributed by atoms with Crippen LogP contribution in [-0.2, 0) is 13.1 Å². The van der Waals surface area contributed by atoms with Crippen LogP contribution in [0.25, 0.3) is 0 Å². The molecule has 0 aliphatic carbocycles. The highest BCUT2D eigenvalue weighted by atomic mass is 32.1. The maximum Gasteiger partial charge on any atom is 0.265 e. The maximum absolute atomic E-state index is 12.8. The molecule has 8 heteroatoms. The number of carbonyl (C=O) groups excluding carboxylic acids is 2. The Hall–Kier alpha value is -3.78. The molecule has 0 saturated carbocycles. The highest BCUT2D eigenvalue weighted by Crippen LogP contribution is 2.18. The summed E-state index contributed by atoms with van der Waals surface area (Å²) in [6.07, 6.45) is 3.16. The molecule has 0 saturated heterocycles. The van der Waals surface area contributed by atoms with Crippen molar-refractivity contribution in [3.05, 3.63) is 100 Å². The quantitative estimate of drug-likeness (QED) is 0.481. The number of rotatable bonds is 7. The fourth-order valence-corrected chi connectivity index (χ4v) is 3.62. The van der Waals surface area contributed by atoms with E-state index in [1.54, 1.807) is 41.3 Å². The summed E-state index contributed by atoms with van der Waals surface area (Å²) in [6.45, 7) is 0.983. The molecule has 0 aliphatic rings. The molecule has 0 fully saturated rings. The molecule has 0 unspecified atom stereocenters. The number of amides is 2. The molecule has 2 aromatic heterocycles. The van der Waals surface area contributed by atoms with E-state index in [4.69, 9.17) is 0 Å². The van der Waals surface area contributed by atoms with Crippen LogP contribution in [0.5, 0.6) is 0 Å². The molecule has 0 bridgehead atoms. The minimum absolute atomic E-state index is 0.230. The molecule has 2 aromatic carbocycles. The summed E-state index contributed by atoms with van der Waals surface area (Å²) in [6, 6.07) is 18.5. The summed E-state index contributed by atoms with van der Waals surface area (Å²) < 4.78 is 1.74. The average molecular weight is 417 g/mol. The summed E-state index contributed by atoms with van der Waals surface area (Å²) in [5, 5.41) is 11.7. The lowest BCUT2D eigenvalue weighted by atomic mass is 10.1. The number of para-hydroxylation sites is 1. The van der Waals surface area contributed by atoms with E-state index >= 15 is 0 Å². The standard InChI is InChI=1S/C22H19N5O2S/c28-21(18-7-1-2-8-19(18)26-22(29)20-9-4-10-30-20)24-12-16-5-3-6-17(11-16)13-27-15-23-14-25-27/h1-11,14-15H,12-13H2,(H,24,28)(H,26,29). The lowest BCUT2D eigenvalue weighted by Crippen LogP contribution is -2.24. The number of hydrogen-bond donors (Lipinski definition) is 2. The Morgan fingerprint density at radius 2 is 1.83 bits per heavy atom. The third-order valence-corrected chi connectivity index (χ3v) is 5.29. The fourth-order valence-electron chi connectivity index (χ4n) is 3.00. The van der Waals surface area contributed by atoms with E-state index in [0.29, 0.717) is 29.2 Å². The van der Waals surface area contributed by atoms with Gasteiger partial charge in [-0.1, -0.05) is 42.5 Å². The lowest BCUT2D eigenvalue weighted by Gasteiger charge is -2.11. The lowest BCUT2D eigenvalue weighted by molar-refractivity contribution is 0.0951. The zero-order valence-corrected chi connectivity index (χ0v) is 16.8. The Morgan fingerprint density at radius 3 is 2.63 bits per heavy atom. The van der Waals surface area contributed by atoms with Gasteiger partial charge in [-0.25, -0.2) is 9.67 Å². The molecule has 4 aromatic rings. The van der Waals surface area contributed by atoms with Crippen LogP contribution >= 0.6 is 11.3 Å². The predicted octanol–water partition coefficient (Wildman–Crippen LogP) is 3.57. The Bertz CT molecular complexity index is 1140. The molecule has 2 heterocycles. The van der Waals surface area contributed by atoms with Crippen LogP contribution in [-0.4, -0.2) is 26.6 Å². The third kappa shape index (κ3) is 4.79. The minimum atomic E-state index is -0.251. The zero-order valence-electron chi connectivity index (χ0n) is 16.0. The summed E-state index contributed by atoms with van der Waals surface area (Å²) in [7, 11) is 0. The van der Waals surface area contributed by atoms with Crippen molar-refractivity contribution in [3.63, 3.8) is 0 Å². The van der Waals surface area contributed by atoms with E-state index in [0.717, 1.165) is 11.1 Å². The smallest absolute Gasteiger partial charge is 0.265 e. The van der Waals surface area contributed by atoms with Gasteiger partial charge in [-0.05, 0) is 34.7 Å². The second kappa shape index (κ2) is 9.15. The first-order chi connectivity index (χ1) is 14.7. The van der Waals surface area contributed by atoms with Crippen molar-refractivity contribution in [1.29, 1.82) is 0 Å². The van der Waals surface area contributed by atoms with Gasteiger partial charge in [0.1, 0.15) is 12.7 Å². The largest absolute Gasteiger partial charge is 0.348 e. The van der Waals surface area contributed by atoms with E-state index < -0.39 is 0 Å². The van der Waals surface area contributed by atoms with E-state index in [-0.39, 0.29) is 11.8 Å². The molecular formula is C22H19N5O2S. The average Bonchev–Trinajstić information content (AvgIpc) is 3.47. The molecule has 0 radical (unpaired) electrons. The second-order valence-corrected chi connectivity index (χ2v) is 7.52. The molecule has 4 rings (SSSR count). The summed E-state index contributed by atoms with van der Waals surface area (Å²) in [5.41, 5.74) is 2.94. The fraction of sp³-hybridized carbons (Fsp3) is 0.0909. The van der Waals surface area contributed by atoms with E-state index in [1.165, 1.54) is 17.7 Å². The van der Waals surface area contributed by atoms with Gasteiger partial charge in [0.2, 0.25) is 0 Å². The monoisotopic (exact) mass is 417 g/mol. The SMILES string of the molecule is O=C(Nc1ccccc1C(=O)NCc1cccc(Cn2cncn2)c1)c1cccs1. The highest BCUT2D eigenvalue weighted by molar-refractivity contribution is 7.12. The van der Waals surface area contributed by atoms with Gasteiger partial charge in [-0.15, -0.1) is 11.3 Å². The maximum atomic E-state index is 12.8. The van der Waals surface area contributed by atoms with Gasteiger partial charge < -0.3 is 10.6 Å². The number of nitrogens with zero attached hydrogens (tertiary/aromatic N) is 3. The van der Waals surface area contributed by atoms with Crippen LogP contribution in [0.15, 0.2) is 78.7 Å². The predicted molar refractivity (Wildman–Crippen MR) is 115 cm³/mol. The third-order valence-electron chi connectivity index (χ3n) is 4.42. The Kier molecular flexibility index (Phi) is 5.95. The molecule has 2 amide bonds. The van der Waals surface area contributed by atoms with Crippen LogP contribution < -0.4 is 10.6 Å². The van der Waals surface area contributed by atoms with Crippen LogP contribution in [0.1, 0.15) is 31.2 Å². The molecule has 0 spiro atoms. The Morgan fingerprint density at radius 1 is 0.967 bits per heavy atom. The van der Waals surface area contributed by atoms with E-state index in [1.807, 2.05) is 35.7 Å². The number of aromatic nitrogens is 3. The topological polar surface area (TPSA) is 88.9 Å². The normalized spacial score (nSPS) is 10.5. The van der Waals surface area contributed by atoms with Crippen molar-refractivity contribution in [2.24, 2.45) is 0 Å². The van der Waals surface area contributed by atoms with Crippen LogP contribution in [0.4, 0.5) is 5.69 Å². The van der Waals surface area contributed by atoms with Crippen molar-refractivity contribution in [1.82, 2.24) is 20.1 Å². The number of benzene rings is 2. The van der Waals surface area contributed by atoms with Crippen LogP contribution in [0.2, 0.25) is 0 Å². The van der Waals surface area contributed by atoms with Crippen LogP contribution in [0.3, 0.4) is 0 Å². The molecule has 7 nitrogen and oxygen atoms in total. The van der Waals surface area contributed by atoms with Crippen molar-refractivity contribution in [3.8, 4) is 0 Å². The molecule has 2 N–H and O–H groups in total. The number of anilines is 1. The van der Waals surface area contributed by atoms with Crippen molar-refractivity contribution in [2.45, 2.75) is 13.1 Å². The first-order valence-corrected chi connectivity index (χ1v) is 10.2. The van der Waals surface area contributed by atoms with Gasteiger partial charge in [0.05, 0.1) is 22.7 Å². The minimum Gasteiger partial charge on any atom is -0.348 e. The highest BCUT2D eigenvalue weighted by Gasteiger charge is 2.14. The number of nitrogens with one attached hydrogen (secondary N) is 2. The van der Waals surface area contributed by atoms with Crippen molar-refractivity contribution in [2.75, 3.05) is 5.32 Å². The number of thiophene rings is 1. The molecule has 0 aliphatic heterocycles. The van der Waals surface area contributed by atoms with Gasteiger partial charge in [-0.3, -0.25) is 9.59 Å². The second-order valence-electron chi connectivity index (χ2n) is 6.57. The molecular weight excluding hydrogens is 398 g/mol. The first kappa shape index (κ1) is 19.5. The summed E-state index contributed by atoms with van der Waals surface area (Å²) in [4.78, 5) is 29.7. The Labute approximate surface area is 177 Å².